The molecule has 1 fully saturated rings. The Morgan fingerprint density at radius 2 is 1.61 bits per heavy atom. The fraction of sp³-hybridized carbons (Fsp3) is 0.333. The van der Waals surface area contributed by atoms with Gasteiger partial charge in [-0.25, -0.2) is 4.79 Å². The summed E-state index contributed by atoms with van der Waals surface area (Å²) in [5.74, 6) is 1.77. The van der Waals surface area contributed by atoms with Crippen molar-refractivity contribution in [3.05, 3.63) is 142 Å². The van der Waals surface area contributed by atoms with Crippen LogP contribution in [0.3, 0.4) is 0 Å². The van der Waals surface area contributed by atoms with Crippen LogP contribution in [-0.2, 0) is 29.0 Å². The highest BCUT2D eigenvalue weighted by Gasteiger charge is 2.38. The fourth-order valence-corrected chi connectivity index (χ4v) is 8.11. The summed E-state index contributed by atoms with van der Waals surface area (Å²) in [6.07, 6.45) is 7.87. The van der Waals surface area contributed by atoms with Crippen LogP contribution in [0.4, 0.5) is 0 Å². The van der Waals surface area contributed by atoms with E-state index in [4.69, 9.17) is 18.9 Å². The van der Waals surface area contributed by atoms with E-state index in [9.17, 15) is 19.5 Å². The van der Waals surface area contributed by atoms with Crippen molar-refractivity contribution in [1.29, 1.82) is 0 Å². The zero-order valence-electron chi connectivity index (χ0n) is 33.4. The van der Waals surface area contributed by atoms with Crippen molar-refractivity contribution in [1.82, 2.24) is 15.2 Å². The molecule has 3 atom stereocenters. The number of amides is 2. The molecule has 2 N–H and O–H groups in total. The number of nitrogens with one attached hydrogen (secondary N) is 1. The molecule has 8 rings (SSSR count). The molecule has 11 nitrogen and oxygen atoms in total. The number of aliphatic carboxylic acids is 1. The molecule has 4 aromatic carbocycles. The summed E-state index contributed by atoms with van der Waals surface area (Å²) in [6.45, 7) is 5.00. The molecule has 304 valence electrons. The number of hydrogen-bond donors (Lipinski definition) is 2. The Kier molecular flexibility index (Phi) is 11.8. The molecule has 0 radical (unpaired) electrons. The second-order valence-electron chi connectivity index (χ2n) is 15.8. The molecule has 0 bridgehead atoms. The van der Waals surface area contributed by atoms with Gasteiger partial charge in [0.2, 0.25) is 5.91 Å². The average molecular weight is 796 g/mol. The number of carboxylic acid groups (broad SMARTS) is 1. The monoisotopic (exact) mass is 795 g/mol. The molecule has 3 heterocycles. The third kappa shape index (κ3) is 9.19. The first-order chi connectivity index (χ1) is 28.7. The van der Waals surface area contributed by atoms with Crippen LogP contribution in [0.15, 0.2) is 103 Å². The van der Waals surface area contributed by atoms with Crippen LogP contribution in [0.1, 0.15) is 82.1 Å². The van der Waals surface area contributed by atoms with E-state index in [0.717, 1.165) is 40.3 Å². The summed E-state index contributed by atoms with van der Waals surface area (Å²) in [5.41, 5.74) is 5.52. The van der Waals surface area contributed by atoms with Crippen molar-refractivity contribution in [3.63, 3.8) is 0 Å². The SMILES string of the molecule is Cc1nccc(Oc2ccc(CC(NC(=O)C3Cc4cc5c(cc4CN3C(=O)c3ccccc3)OC(c3ccc(OCC4CCCCC4)cc3)CO5)C(=O)O)cc2)c1C. The van der Waals surface area contributed by atoms with Crippen molar-refractivity contribution in [2.75, 3.05) is 13.2 Å². The maximum Gasteiger partial charge on any atom is 0.326 e. The van der Waals surface area contributed by atoms with Gasteiger partial charge in [-0.3, -0.25) is 14.6 Å². The van der Waals surface area contributed by atoms with Gasteiger partial charge in [-0.2, -0.15) is 0 Å². The first-order valence-electron chi connectivity index (χ1n) is 20.4. The van der Waals surface area contributed by atoms with E-state index in [-0.39, 0.29) is 31.4 Å². The number of hydrogen-bond acceptors (Lipinski definition) is 8. The number of carbonyl (C=O) groups is 3. The maximum atomic E-state index is 14.2. The molecule has 5 aromatic rings. The maximum absolute atomic E-state index is 14.2. The topological polar surface area (TPSA) is 137 Å². The van der Waals surface area contributed by atoms with Crippen molar-refractivity contribution >= 4 is 17.8 Å². The van der Waals surface area contributed by atoms with Crippen molar-refractivity contribution in [3.8, 4) is 28.7 Å². The molecule has 2 aliphatic heterocycles. The van der Waals surface area contributed by atoms with Gasteiger partial charge in [-0.1, -0.05) is 61.7 Å². The molecule has 0 saturated heterocycles. The Labute approximate surface area is 344 Å². The fourth-order valence-electron chi connectivity index (χ4n) is 8.11. The Morgan fingerprint density at radius 1 is 0.881 bits per heavy atom. The van der Waals surface area contributed by atoms with Crippen molar-refractivity contribution < 1.29 is 38.4 Å². The van der Waals surface area contributed by atoms with Gasteiger partial charge in [-0.15, -0.1) is 0 Å². The first-order valence-corrected chi connectivity index (χ1v) is 20.4. The quantitative estimate of drug-likeness (QED) is 0.128. The number of aromatic nitrogens is 1. The standard InChI is InChI=1S/C48H49N3O8/c1-30-31(2)49-22-21-42(30)58-39-17-13-32(14-18-39)23-40(48(54)55)50-46(52)41-24-36-25-43-44(26-37(36)27-51(41)47(53)35-11-7-4-8-12-35)59-45(29-57-43)34-15-19-38(20-16-34)56-28-33-9-5-3-6-10-33/h4,7-8,11-22,25-26,33,40-41,45H,3,5-6,9-10,23-24,27-29H2,1-2H3,(H,50,52)(H,54,55). The van der Waals surface area contributed by atoms with Gasteiger partial charge in [-0.05, 0) is 109 Å². The van der Waals surface area contributed by atoms with E-state index in [0.29, 0.717) is 46.6 Å². The molecule has 3 aliphatic rings. The van der Waals surface area contributed by atoms with E-state index in [1.165, 1.54) is 37.0 Å². The summed E-state index contributed by atoms with van der Waals surface area (Å²) in [7, 11) is 0. The molecule has 11 heteroatoms. The Morgan fingerprint density at radius 3 is 2.36 bits per heavy atom. The van der Waals surface area contributed by atoms with Crippen molar-refractivity contribution in [2.45, 2.75) is 83.5 Å². The summed E-state index contributed by atoms with van der Waals surface area (Å²) in [6, 6.07) is 27.2. The van der Waals surface area contributed by atoms with Crippen LogP contribution in [0.25, 0.3) is 0 Å². The van der Waals surface area contributed by atoms with Crippen LogP contribution in [0.2, 0.25) is 0 Å². The molecule has 1 saturated carbocycles. The Bertz CT molecular complexity index is 2290. The lowest BCUT2D eigenvalue weighted by Crippen LogP contribution is -2.56. The number of pyridine rings is 1. The lowest BCUT2D eigenvalue weighted by Gasteiger charge is -2.37. The number of aryl methyl sites for hydroxylation is 1. The van der Waals surface area contributed by atoms with E-state index in [1.54, 1.807) is 60.8 Å². The molecular weight excluding hydrogens is 747 g/mol. The molecule has 59 heavy (non-hydrogen) atoms. The smallest absolute Gasteiger partial charge is 0.326 e. The normalized spacial score (nSPS) is 18.0. The van der Waals surface area contributed by atoms with E-state index in [1.807, 2.05) is 56.3 Å². The molecule has 2 amide bonds. The lowest BCUT2D eigenvalue weighted by molar-refractivity contribution is -0.142. The molecular formula is C48H49N3O8. The van der Waals surface area contributed by atoms with Gasteiger partial charge < -0.3 is 34.3 Å². The number of fused-ring (bicyclic) bond motifs is 2. The zero-order chi connectivity index (χ0) is 40.9. The number of carboxylic acids is 1. The highest BCUT2D eigenvalue weighted by Crippen LogP contribution is 2.41. The number of nitrogens with zero attached hydrogens (tertiary/aromatic N) is 2. The minimum atomic E-state index is -1.25. The Hall–Kier alpha value is -6.36. The highest BCUT2D eigenvalue weighted by molar-refractivity contribution is 5.98. The summed E-state index contributed by atoms with van der Waals surface area (Å²) < 4.78 is 24.9. The molecule has 1 aromatic heterocycles. The predicted molar refractivity (Wildman–Crippen MR) is 221 cm³/mol. The van der Waals surface area contributed by atoms with Crippen LogP contribution >= 0.6 is 0 Å². The number of benzene rings is 4. The molecule has 3 unspecified atom stereocenters. The van der Waals surface area contributed by atoms with Gasteiger partial charge in [0.25, 0.3) is 5.91 Å². The second kappa shape index (κ2) is 17.6. The minimum Gasteiger partial charge on any atom is -0.493 e. The van der Waals surface area contributed by atoms with E-state index >= 15 is 0 Å². The van der Waals surface area contributed by atoms with Crippen LogP contribution in [-0.4, -0.2) is 58.1 Å². The van der Waals surface area contributed by atoms with Gasteiger partial charge in [0, 0.05) is 42.4 Å². The van der Waals surface area contributed by atoms with E-state index < -0.39 is 24.0 Å². The third-order valence-electron chi connectivity index (χ3n) is 11.7. The first kappa shape index (κ1) is 39.5. The molecule has 0 spiro atoms. The zero-order valence-corrected chi connectivity index (χ0v) is 33.4. The summed E-state index contributed by atoms with van der Waals surface area (Å²) >= 11 is 0. The number of ether oxygens (including phenoxy) is 4. The van der Waals surface area contributed by atoms with Crippen LogP contribution < -0.4 is 24.3 Å². The van der Waals surface area contributed by atoms with Crippen molar-refractivity contribution in [2.24, 2.45) is 5.92 Å². The highest BCUT2D eigenvalue weighted by atomic mass is 16.6. The van der Waals surface area contributed by atoms with Gasteiger partial charge in [0.1, 0.15) is 35.9 Å². The second-order valence-corrected chi connectivity index (χ2v) is 15.8. The third-order valence-corrected chi connectivity index (χ3v) is 11.7. The van der Waals surface area contributed by atoms with Gasteiger partial charge >= 0.3 is 5.97 Å². The minimum absolute atomic E-state index is 0.0285. The Balaban J connectivity index is 0.966. The van der Waals surface area contributed by atoms with Crippen LogP contribution in [0.5, 0.6) is 28.7 Å². The largest absolute Gasteiger partial charge is 0.493 e. The van der Waals surface area contributed by atoms with E-state index in [2.05, 4.69) is 10.3 Å². The average Bonchev–Trinajstić information content (AvgIpc) is 3.26. The summed E-state index contributed by atoms with van der Waals surface area (Å²) in [4.78, 5) is 46.6. The molecule has 1 aliphatic carbocycles. The predicted octanol–water partition coefficient (Wildman–Crippen LogP) is 8.34. The number of carbonyl (C=O) groups excluding carboxylic acids is 2. The number of rotatable bonds is 12. The van der Waals surface area contributed by atoms with Crippen LogP contribution in [0, 0.1) is 19.8 Å². The van der Waals surface area contributed by atoms with Gasteiger partial charge in [0.15, 0.2) is 17.6 Å². The van der Waals surface area contributed by atoms with Gasteiger partial charge in [0.05, 0.1) is 6.61 Å². The summed E-state index contributed by atoms with van der Waals surface area (Å²) in [5, 5.41) is 13.0. The lowest BCUT2D eigenvalue weighted by atomic mass is 9.90.